The highest BCUT2D eigenvalue weighted by atomic mass is 16.3. The van der Waals surface area contributed by atoms with E-state index in [1.807, 2.05) is 11.9 Å². The van der Waals surface area contributed by atoms with Gasteiger partial charge in [0.15, 0.2) is 0 Å². The number of aliphatic hydroxyl groups excluding tert-OH is 1. The molecule has 1 saturated carbocycles. The molecule has 0 radical (unpaired) electrons. The number of carbonyl (C=O) groups is 1. The van der Waals surface area contributed by atoms with Gasteiger partial charge in [-0.3, -0.25) is 0 Å². The van der Waals surface area contributed by atoms with E-state index < -0.39 is 0 Å². The van der Waals surface area contributed by atoms with Gasteiger partial charge in [-0.1, -0.05) is 6.42 Å². The Morgan fingerprint density at radius 1 is 1.13 bits per heavy atom. The summed E-state index contributed by atoms with van der Waals surface area (Å²) in [4.78, 5) is 17.1. The zero-order valence-electron chi connectivity index (χ0n) is 14.7. The largest absolute Gasteiger partial charge is 0.396 e. The Labute approximate surface area is 140 Å². The Hall–Kier alpha value is -0.810. The zero-order valence-corrected chi connectivity index (χ0v) is 14.7. The summed E-state index contributed by atoms with van der Waals surface area (Å²) < 4.78 is 0. The fourth-order valence-electron chi connectivity index (χ4n) is 4.89. The summed E-state index contributed by atoms with van der Waals surface area (Å²) >= 11 is 0. The van der Waals surface area contributed by atoms with Crippen molar-refractivity contribution in [2.45, 2.75) is 82.0 Å². The van der Waals surface area contributed by atoms with Gasteiger partial charge < -0.3 is 20.2 Å². The fourth-order valence-corrected chi connectivity index (χ4v) is 4.89. The quantitative estimate of drug-likeness (QED) is 0.837. The predicted molar refractivity (Wildman–Crippen MR) is 91.3 cm³/mol. The van der Waals surface area contributed by atoms with Crippen LogP contribution in [0, 0.1) is 5.92 Å². The van der Waals surface area contributed by atoms with E-state index in [-0.39, 0.29) is 6.03 Å². The molecule has 23 heavy (non-hydrogen) atoms. The van der Waals surface area contributed by atoms with E-state index in [1.165, 1.54) is 19.3 Å². The molecular formula is C18H33N3O2. The minimum atomic E-state index is 0.102. The number of urea groups is 1. The molecule has 0 aromatic carbocycles. The van der Waals surface area contributed by atoms with Gasteiger partial charge >= 0.3 is 6.03 Å². The maximum atomic E-state index is 12.6. The first-order valence-corrected chi connectivity index (χ1v) is 9.44. The van der Waals surface area contributed by atoms with E-state index in [0.717, 1.165) is 38.5 Å². The number of aliphatic hydroxyl groups is 1. The first kappa shape index (κ1) is 17.0. The van der Waals surface area contributed by atoms with Gasteiger partial charge in [0.05, 0.1) is 0 Å². The summed E-state index contributed by atoms with van der Waals surface area (Å²) in [5, 5.41) is 12.5. The molecule has 2 unspecified atom stereocenters. The molecule has 5 nitrogen and oxygen atoms in total. The molecule has 2 aliphatic heterocycles. The predicted octanol–water partition coefficient (Wildman–Crippen LogP) is 2.19. The summed E-state index contributed by atoms with van der Waals surface area (Å²) in [5.74, 6) is 0.441. The fraction of sp³-hybridized carbons (Fsp3) is 0.944. The molecule has 5 heteroatoms. The molecule has 2 N–H and O–H groups in total. The van der Waals surface area contributed by atoms with Gasteiger partial charge in [-0.25, -0.2) is 4.79 Å². The van der Waals surface area contributed by atoms with Gasteiger partial charge in [0.25, 0.3) is 0 Å². The molecule has 2 saturated heterocycles. The molecule has 0 spiro atoms. The minimum Gasteiger partial charge on any atom is -0.396 e. The minimum absolute atomic E-state index is 0.102. The van der Waals surface area contributed by atoms with Crippen LogP contribution in [-0.4, -0.2) is 65.8 Å². The monoisotopic (exact) mass is 323 g/mol. The molecule has 2 amide bonds. The second-order valence-electron chi connectivity index (χ2n) is 7.99. The molecule has 2 heterocycles. The van der Waals surface area contributed by atoms with Crippen molar-refractivity contribution in [2.24, 2.45) is 5.92 Å². The van der Waals surface area contributed by atoms with Crippen LogP contribution in [0.15, 0.2) is 0 Å². The zero-order chi connectivity index (χ0) is 16.4. The first-order chi connectivity index (χ1) is 11.1. The van der Waals surface area contributed by atoms with E-state index in [9.17, 15) is 9.90 Å². The number of fused-ring (bicyclic) bond motifs is 2. The topological polar surface area (TPSA) is 55.8 Å². The number of amides is 2. The Kier molecular flexibility index (Phi) is 5.47. The second kappa shape index (κ2) is 7.39. The highest BCUT2D eigenvalue weighted by Gasteiger charge is 2.37. The van der Waals surface area contributed by atoms with Crippen molar-refractivity contribution in [3.63, 3.8) is 0 Å². The summed E-state index contributed by atoms with van der Waals surface area (Å²) in [6, 6.07) is 2.08. The number of piperidine rings is 2. The van der Waals surface area contributed by atoms with E-state index in [2.05, 4.69) is 17.3 Å². The van der Waals surface area contributed by atoms with Crippen LogP contribution in [0.5, 0.6) is 0 Å². The van der Waals surface area contributed by atoms with Gasteiger partial charge in [0.2, 0.25) is 0 Å². The molecule has 0 aromatic rings. The van der Waals surface area contributed by atoms with Crippen molar-refractivity contribution >= 4 is 6.03 Å². The van der Waals surface area contributed by atoms with Crippen LogP contribution in [0.1, 0.15) is 57.8 Å². The van der Waals surface area contributed by atoms with Crippen molar-refractivity contribution in [1.82, 2.24) is 15.1 Å². The van der Waals surface area contributed by atoms with Crippen LogP contribution < -0.4 is 5.32 Å². The number of hydrogen-bond acceptors (Lipinski definition) is 3. The van der Waals surface area contributed by atoms with Crippen LogP contribution in [0.25, 0.3) is 0 Å². The lowest BCUT2D eigenvalue weighted by molar-refractivity contribution is 0.0485. The molecule has 3 rings (SSSR count). The lowest BCUT2D eigenvalue weighted by Gasteiger charge is -2.47. The lowest BCUT2D eigenvalue weighted by Crippen LogP contribution is -2.57. The smallest absolute Gasteiger partial charge is 0.317 e. The molecule has 1 aliphatic carbocycles. The van der Waals surface area contributed by atoms with Crippen LogP contribution >= 0.6 is 0 Å². The lowest BCUT2D eigenvalue weighted by atomic mass is 9.82. The molecule has 132 valence electrons. The Morgan fingerprint density at radius 2 is 1.74 bits per heavy atom. The summed E-state index contributed by atoms with van der Waals surface area (Å²) in [6.07, 6.45) is 10.2. The average Bonchev–Trinajstić information content (AvgIpc) is 2.55. The van der Waals surface area contributed by atoms with Gasteiger partial charge in [-0.2, -0.15) is 0 Å². The van der Waals surface area contributed by atoms with E-state index in [4.69, 9.17) is 0 Å². The third-order valence-electron chi connectivity index (χ3n) is 6.61. The van der Waals surface area contributed by atoms with Crippen LogP contribution in [0.3, 0.4) is 0 Å². The normalized spacial score (nSPS) is 38.1. The molecule has 3 fully saturated rings. The third kappa shape index (κ3) is 3.82. The first-order valence-electron chi connectivity index (χ1n) is 9.44. The molecule has 0 aromatic heterocycles. The SMILES string of the molecule is CN(C(=O)NC1CC2CCCC(C1)N2C)C1CCC(CO)CC1. The van der Waals surface area contributed by atoms with Crippen molar-refractivity contribution in [1.29, 1.82) is 0 Å². The van der Waals surface area contributed by atoms with Crippen LogP contribution in [0.2, 0.25) is 0 Å². The van der Waals surface area contributed by atoms with E-state index in [0.29, 0.717) is 36.7 Å². The van der Waals surface area contributed by atoms with Gasteiger partial charge in [-0.15, -0.1) is 0 Å². The standard InChI is InChI=1S/C18H33N3O2/c1-20-16-4-3-5-17(20)11-14(10-16)19-18(23)21(2)15-8-6-13(12-22)7-9-15/h13-17,22H,3-12H2,1-2H3,(H,19,23). The van der Waals surface area contributed by atoms with Gasteiger partial charge in [-0.05, 0) is 64.3 Å². The molecule has 2 bridgehead atoms. The van der Waals surface area contributed by atoms with Gasteiger partial charge in [0, 0.05) is 37.8 Å². The second-order valence-corrected chi connectivity index (χ2v) is 7.99. The maximum Gasteiger partial charge on any atom is 0.317 e. The highest BCUT2D eigenvalue weighted by molar-refractivity contribution is 5.74. The van der Waals surface area contributed by atoms with Gasteiger partial charge in [0.1, 0.15) is 0 Å². The number of nitrogens with zero attached hydrogens (tertiary/aromatic N) is 2. The molecular weight excluding hydrogens is 290 g/mol. The summed E-state index contributed by atoms with van der Waals surface area (Å²) in [5.41, 5.74) is 0. The number of carbonyl (C=O) groups excluding carboxylic acids is 1. The number of nitrogens with one attached hydrogen (secondary N) is 1. The molecule has 3 aliphatic rings. The average molecular weight is 323 g/mol. The number of rotatable bonds is 3. The Bertz CT molecular complexity index is 395. The molecule has 2 atom stereocenters. The van der Waals surface area contributed by atoms with Crippen molar-refractivity contribution in [2.75, 3.05) is 20.7 Å². The Morgan fingerprint density at radius 3 is 2.30 bits per heavy atom. The van der Waals surface area contributed by atoms with Crippen LogP contribution in [-0.2, 0) is 0 Å². The highest BCUT2D eigenvalue weighted by Crippen LogP contribution is 2.33. The van der Waals surface area contributed by atoms with E-state index in [1.54, 1.807) is 0 Å². The van der Waals surface area contributed by atoms with Crippen molar-refractivity contribution < 1.29 is 9.90 Å². The summed E-state index contributed by atoms with van der Waals surface area (Å²) in [6.45, 7) is 0.293. The Balaban J connectivity index is 1.49. The van der Waals surface area contributed by atoms with Crippen LogP contribution in [0.4, 0.5) is 4.79 Å². The summed E-state index contributed by atoms with van der Waals surface area (Å²) in [7, 11) is 4.19. The van der Waals surface area contributed by atoms with Crippen molar-refractivity contribution in [3.8, 4) is 0 Å². The third-order valence-corrected chi connectivity index (χ3v) is 6.61. The maximum absolute atomic E-state index is 12.6. The van der Waals surface area contributed by atoms with Crippen molar-refractivity contribution in [3.05, 3.63) is 0 Å². The number of hydrogen-bond donors (Lipinski definition) is 2. The van der Waals surface area contributed by atoms with E-state index >= 15 is 0 Å².